The van der Waals surface area contributed by atoms with Gasteiger partial charge in [-0.1, -0.05) is 6.07 Å². The number of hydrogen-bond acceptors (Lipinski definition) is 3. The van der Waals surface area contributed by atoms with E-state index in [1.807, 2.05) is 26.0 Å². The lowest BCUT2D eigenvalue weighted by atomic mass is 10.1. The van der Waals surface area contributed by atoms with Crippen molar-refractivity contribution in [2.75, 3.05) is 24.7 Å². The van der Waals surface area contributed by atoms with Crippen molar-refractivity contribution in [3.8, 4) is 0 Å². The maximum atomic E-state index is 12.2. The normalized spacial score (nSPS) is 20.3. The molecule has 0 radical (unpaired) electrons. The second-order valence-corrected chi connectivity index (χ2v) is 4.71. The summed E-state index contributed by atoms with van der Waals surface area (Å²) in [6.07, 6.45) is -0.148. The van der Waals surface area contributed by atoms with E-state index in [4.69, 9.17) is 9.84 Å². The zero-order valence-electron chi connectivity index (χ0n) is 10.8. The molecule has 0 bridgehead atoms. The van der Waals surface area contributed by atoms with Crippen LogP contribution in [0.5, 0.6) is 0 Å². The molecule has 1 aliphatic heterocycles. The molecule has 4 nitrogen and oxygen atoms in total. The van der Waals surface area contributed by atoms with Gasteiger partial charge in [-0.05, 0) is 37.1 Å². The van der Waals surface area contributed by atoms with Gasteiger partial charge < -0.3 is 14.7 Å². The van der Waals surface area contributed by atoms with Crippen LogP contribution in [0.4, 0.5) is 5.69 Å². The lowest BCUT2D eigenvalue weighted by Gasteiger charge is -2.32. The third-order valence-electron chi connectivity index (χ3n) is 3.08. The first-order chi connectivity index (χ1) is 8.61. The van der Waals surface area contributed by atoms with E-state index < -0.39 is 6.10 Å². The number of aryl methyl sites for hydroxylation is 2. The Balaban J connectivity index is 2.23. The lowest BCUT2D eigenvalue weighted by molar-refractivity contribution is -0.134. The average Bonchev–Trinajstić information content (AvgIpc) is 2.31. The highest BCUT2D eigenvalue weighted by atomic mass is 16.5. The molecule has 0 aliphatic carbocycles. The zero-order valence-corrected chi connectivity index (χ0v) is 10.8. The van der Waals surface area contributed by atoms with Crippen molar-refractivity contribution in [3.05, 3.63) is 29.3 Å². The van der Waals surface area contributed by atoms with Crippen molar-refractivity contribution in [3.63, 3.8) is 0 Å². The number of ether oxygens (including phenoxy) is 1. The van der Waals surface area contributed by atoms with Crippen LogP contribution >= 0.6 is 0 Å². The number of rotatable bonds is 3. The molecular formula is C14H19NO3. The van der Waals surface area contributed by atoms with E-state index in [1.165, 1.54) is 0 Å². The molecule has 1 amide bonds. The van der Waals surface area contributed by atoms with Crippen molar-refractivity contribution in [1.82, 2.24) is 0 Å². The van der Waals surface area contributed by atoms with Crippen LogP contribution in [0.3, 0.4) is 0 Å². The predicted octanol–water partition coefficient (Wildman–Crippen LogP) is 1.42. The van der Waals surface area contributed by atoms with Crippen LogP contribution in [0.2, 0.25) is 0 Å². The Kier molecular flexibility index (Phi) is 3.99. The van der Waals surface area contributed by atoms with Crippen LogP contribution in [0.25, 0.3) is 0 Å². The number of anilines is 1. The molecule has 1 aromatic carbocycles. The molecular weight excluding hydrogens is 230 g/mol. The Hall–Kier alpha value is -1.39. The van der Waals surface area contributed by atoms with Crippen molar-refractivity contribution < 1.29 is 14.6 Å². The first-order valence-electron chi connectivity index (χ1n) is 6.24. The molecule has 1 atom stereocenters. The third kappa shape index (κ3) is 2.71. The minimum atomic E-state index is -0.510. The molecule has 0 aromatic heterocycles. The Morgan fingerprint density at radius 1 is 1.33 bits per heavy atom. The van der Waals surface area contributed by atoms with Gasteiger partial charge in [0.1, 0.15) is 6.10 Å². The fourth-order valence-corrected chi connectivity index (χ4v) is 2.33. The summed E-state index contributed by atoms with van der Waals surface area (Å²) in [6.45, 7) is 5.10. The Labute approximate surface area is 107 Å². The largest absolute Gasteiger partial charge is 0.396 e. The number of hydrogen-bond donors (Lipinski definition) is 1. The summed E-state index contributed by atoms with van der Waals surface area (Å²) in [5.41, 5.74) is 3.20. The highest BCUT2D eigenvalue weighted by Gasteiger charge is 2.30. The molecule has 1 N–H and O–H groups in total. The van der Waals surface area contributed by atoms with E-state index in [0.29, 0.717) is 19.6 Å². The van der Waals surface area contributed by atoms with Crippen LogP contribution in [0.1, 0.15) is 17.5 Å². The molecule has 0 spiro atoms. The van der Waals surface area contributed by atoms with Gasteiger partial charge >= 0.3 is 0 Å². The second-order valence-electron chi connectivity index (χ2n) is 4.71. The van der Waals surface area contributed by atoms with Gasteiger partial charge in [0.25, 0.3) is 5.91 Å². The summed E-state index contributed by atoms with van der Waals surface area (Å²) in [4.78, 5) is 14.0. The molecule has 1 fully saturated rings. The van der Waals surface area contributed by atoms with E-state index in [-0.39, 0.29) is 12.5 Å². The quantitative estimate of drug-likeness (QED) is 0.881. The topological polar surface area (TPSA) is 49.8 Å². The molecule has 1 heterocycles. The van der Waals surface area contributed by atoms with E-state index >= 15 is 0 Å². The third-order valence-corrected chi connectivity index (χ3v) is 3.08. The molecule has 4 heteroatoms. The number of carbonyl (C=O) groups is 1. The number of aliphatic hydroxyl groups is 1. The Morgan fingerprint density at radius 3 is 2.61 bits per heavy atom. The summed E-state index contributed by atoms with van der Waals surface area (Å²) in [5, 5.41) is 8.93. The zero-order chi connectivity index (χ0) is 13.1. The maximum absolute atomic E-state index is 12.2. The standard InChI is InChI=1S/C14H19NO3/c1-10-7-11(2)9-12(8-10)15-4-6-18-13(3-5-16)14(15)17/h7-9,13,16H,3-6H2,1-2H3. The maximum Gasteiger partial charge on any atom is 0.256 e. The van der Waals surface area contributed by atoms with Gasteiger partial charge in [0, 0.05) is 25.3 Å². The van der Waals surface area contributed by atoms with Crippen LogP contribution in [0.15, 0.2) is 18.2 Å². The fourth-order valence-electron chi connectivity index (χ4n) is 2.33. The van der Waals surface area contributed by atoms with E-state index in [0.717, 1.165) is 16.8 Å². The van der Waals surface area contributed by atoms with Gasteiger partial charge in [0.05, 0.1) is 6.61 Å². The van der Waals surface area contributed by atoms with Gasteiger partial charge in [-0.15, -0.1) is 0 Å². The summed E-state index contributed by atoms with van der Waals surface area (Å²) in [6, 6.07) is 6.10. The highest BCUT2D eigenvalue weighted by molar-refractivity contribution is 5.97. The second kappa shape index (κ2) is 5.50. The fraction of sp³-hybridized carbons (Fsp3) is 0.500. The van der Waals surface area contributed by atoms with Crippen molar-refractivity contribution >= 4 is 11.6 Å². The minimum Gasteiger partial charge on any atom is -0.396 e. The highest BCUT2D eigenvalue weighted by Crippen LogP contribution is 2.22. The summed E-state index contributed by atoms with van der Waals surface area (Å²) in [5.74, 6) is -0.0553. The van der Waals surface area contributed by atoms with Crippen LogP contribution in [-0.4, -0.2) is 36.9 Å². The van der Waals surface area contributed by atoms with Crippen molar-refractivity contribution in [2.45, 2.75) is 26.4 Å². The predicted molar refractivity (Wildman–Crippen MR) is 69.7 cm³/mol. The Morgan fingerprint density at radius 2 is 2.00 bits per heavy atom. The van der Waals surface area contributed by atoms with Crippen LogP contribution < -0.4 is 4.90 Å². The van der Waals surface area contributed by atoms with Gasteiger partial charge in [0.2, 0.25) is 0 Å². The SMILES string of the molecule is Cc1cc(C)cc(N2CCOC(CCO)C2=O)c1. The van der Waals surface area contributed by atoms with Crippen molar-refractivity contribution in [2.24, 2.45) is 0 Å². The molecule has 18 heavy (non-hydrogen) atoms. The molecule has 1 unspecified atom stereocenters. The van der Waals surface area contributed by atoms with Gasteiger partial charge in [-0.2, -0.15) is 0 Å². The summed E-state index contributed by atoms with van der Waals surface area (Å²) < 4.78 is 5.39. The monoisotopic (exact) mass is 249 g/mol. The molecule has 2 rings (SSSR count). The van der Waals surface area contributed by atoms with E-state index in [2.05, 4.69) is 6.07 Å². The summed E-state index contributed by atoms with van der Waals surface area (Å²) in [7, 11) is 0. The first-order valence-corrected chi connectivity index (χ1v) is 6.24. The van der Waals surface area contributed by atoms with Crippen molar-refractivity contribution in [1.29, 1.82) is 0 Å². The molecule has 1 aromatic rings. The number of aliphatic hydroxyl groups excluding tert-OH is 1. The number of nitrogens with zero attached hydrogens (tertiary/aromatic N) is 1. The lowest BCUT2D eigenvalue weighted by Crippen LogP contribution is -2.48. The van der Waals surface area contributed by atoms with Crippen LogP contribution in [0, 0.1) is 13.8 Å². The van der Waals surface area contributed by atoms with Gasteiger partial charge in [-0.3, -0.25) is 4.79 Å². The summed E-state index contributed by atoms with van der Waals surface area (Å²) >= 11 is 0. The molecule has 1 aliphatic rings. The first kappa shape index (κ1) is 13.1. The average molecular weight is 249 g/mol. The molecule has 1 saturated heterocycles. The van der Waals surface area contributed by atoms with Crippen LogP contribution in [-0.2, 0) is 9.53 Å². The van der Waals surface area contributed by atoms with Gasteiger partial charge in [0.15, 0.2) is 0 Å². The number of amides is 1. The molecule has 0 saturated carbocycles. The van der Waals surface area contributed by atoms with Gasteiger partial charge in [-0.25, -0.2) is 0 Å². The Bertz CT molecular complexity index is 422. The van der Waals surface area contributed by atoms with E-state index in [1.54, 1.807) is 4.90 Å². The minimum absolute atomic E-state index is 0.0307. The molecule has 98 valence electrons. The van der Waals surface area contributed by atoms with E-state index in [9.17, 15) is 4.79 Å². The number of carbonyl (C=O) groups excluding carboxylic acids is 1. The number of benzene rings is 1. The smallest absolute Gasteiger partial charge is 0.256 e. The number of morpholine rings is 1.